The first kappa shape index (κ1) is 21.6. The van der Waals surface area contributed by atoms with Gasteiger partial charge in [-0.2, -0.15) is 0 Å². The highest BCUT2D eigenvalue weighted by molar-refractivity contribution is 6.32. The summed E-state index contributed by atoms with van der Waals surface area (Å²) < 4.78 is 0. The Bertz CT molecular complexity index is 724. The van der Waals surface area contributed by atoms with Crippen molar-refractivity contribution >= 4 is 23.2 Å². The Morgan fingerprint density at radius 2 is 1.96 bits per heavy atom. The molecule has 1 rings (SSSR count). The second-order valence-electron chi connectivity index (χ2n) is 6.34. The van der Waals surface area contributed by atoms with Gasteiger partial charge >= 0.3 is 0 Å². The van der Waals surface area contributed by atoms with Crippen molar-refractivity contribution < 1.29 is 0 Å². The molecule has 0 bridgehead atoms. The van der Waals surface area contributed by atoms with Crippen molar-refractivity contribution in [3.63, 3.8) is 0 Å². The molecule has 0 aliphatic heterocycles. The van der Waals surface area contributed by atoms with Crippen molar-refractivity contribution in [1.29, 1.82) is 0 Å². The molecule has 1 nitrogen and oxygen atoms in total. The van der Waals surface area contributed by atoms with Gasteiger partial charge in [0.05, 0.1) is 5.03 Å². The summed E-state index contributed by atoms with van der Waals surface area (Å²) in [4.78, 5) is 0. The van der Waals surface area contributed by atoms with Crippen LogP contribution < -0.4 is 5.32 Å². The summed E-state index contributed by atoms with van der Waals surface area (Å²) in [7, 11) is 0. The zero-order valence-corrected chi connectivity index (χ0v) is 17.6. The number of hydrogen-bond donors (Lipinski definition) is 1. The standard InChI is InChI=1S/C22H29Cl2N/c1-8-19(9-2)16(5)15(4)13-21(23)18(7)25-17(6)20-11-10-14(3)12-22(20)24/h8,10-13,17,25H,5,9H2,1-4,6-7H3/b15-13-,19-8+,21-18-. The summed E-state index contributed by atoms with van der Waals surface area (Å²) in [6.07, 6.45) is 5.03. The molecular weight excluding hydrogens is 349 g/mol. The number of nitrogens with one attached hydrogen (secondary N) is 1. The second kappa shape index (κ2) is 9.89. The van der Waals surface area contributed by atoms with Gasteiger partial charge in [-0.3, -0.25) is 0 Å². The van der Waals surface area contributed by atoms with Gasteiger partial charge < -0.3 is 5.32 Å². The summed E-state index contributed by atoms with van der Waals surface area (Å²) in [5, 5.41) is 4.88. The van der Waals surface area contributed by atoms with E-state index in [1.54, 1.807) is 0 Å². The minimum Gasteiger partial charge on any atom is -0.381 e. The molecule has 1 unspecified atom stereocenters. The third kappa shape index (κ3) is 6.09. The lowest BCUT2D eigenvalue weighted by Gasteiger charge is -2.18. The Morgan fingerprint density at radius 3 is 2.48 bits per heavy atom. The Balaban J connectivity index is 2.97. The van der Waals surface area contributed by atoms with Crippen LogP contribution in [-0.2, 0) is 0 Å². The maximum Gasteiger partial charge on any atom is 0.0595 e. The summed E-state index contributed by atoms with van der Waals surface area (Å²) in [6.45, 7) is 16.5. The van der Waals surface area contributed by atoms with E-state index in [1.165, 1.54) is 5.57 Å². The molecule has 0 saturated heterocycles. The monoisotopic (exact) mass is 377 g/mol. The van der Waals surface area contributed by atoms with Crippen molar-refractivity contribution in [2.45, 2.75) is 54.0 Å². The molecule has 0 aliphatic rings. The summed E-state index contributed by atoms with van der Waals surface area (Å²) in [5.74, 6) is 0. The minimum atomic E-state index is 0.0699. The number of rotatable bonds is 7. The topological polar surface area (TPSA) is 12.0 Å². The van der Waals surface area contributed by atoms with Crippen LogP contribution in [0.25, 0.3) is 0 Å². The molecule has 1 atom stereocenters. The quantitative estimate of drug-likeness (QED) is 0.481. The summed E-state index contributed by atoms with van der Waals surface area (Å²) in [6, 6.07) is 6.17. The van der Waals surface area contributed by atoms with Crippen molar-refractivity contribution in [3.05, 3.63) is 80.5 Å². The lowest BCUT2D eigenvalue weighted by molar-refractivity contribution is 0.652. The molecule has 0 aliphatic carbocycles. The van der Waals surface area contributed by atoms with Crippen LogP contribution in [0, 0.1) is 6.92 Å². The Morgan fingerprint density at radius 1 is 1.32 bits per heavy atom. The lowest BCUT2D eigenvalue weighted by Crippen LogP contribution is -2.17. The molecule has 0 radical (unpaired) electrons. The Hall–Kier alpha value is -1.44. The first-order valence-corrected chi connectivity index (χ1v) is 9.38. The SMILES string of the molecule is C=C(/C(C)=C\C(Cl)=C(/C)NC(C)c1ccc(C)cc1Cl)/C(=C/C)CC. The van der Waals surface area contributed by atoms with E-state index in [4.69, 9.17) is 23.2 Å². The molecule has 0 spiro atoms. The highest BCUT2D eigenvalue weighted by Gasteiger charge is 2.11. The molecule has 136 valence electrons. The van der Waals surface area contributed by atoms with Crippen molar-refractivity contribution in [2.24, 2.45) is 0 Å². The van der Waals surface area contributed by atoms with Gasteiger partial charge in [-0.25, -0.2) is 0 Å². The van der Waals surface area contributed by atoms with Crippen LogP contribution in [0.1, 0.15) is 58.2 Å². The molecule has 1 N–H and O–H groups in total. The first-order valence-electron chi connectivity index (χ1n) is 8.63. The van der Waals surface area contributed by atoms with E-state index >= 15 is 0 Å². The predicted octanol–water partition coefficient (Wildman–Crippen LogP) is 7.63. The molecule has 0 heterocycles. The van der Waals surface area contributed by atoms with E-state index in [0.29, 0.717) is 5.03 Å². The van der Waals surface area contributed by atoms with Crippen molar-refractivity contribution in [3.8, 4) is 0 Å². The number of halogens is 2. The maximum atomic E-state index is 6.51. The Kier molecular flexibility index (Phi) is 8.55. The number of allylic oxidation sites excluding steroid dienone is 7. The van der Waals surface area contributed by atoms with Gasteiger partial charge in [0.15, 0.2) is 0 Å². The highest BCUT2D eigenvalue weighted by Crippen LogP contribution is 2.26. The lowest BCUT2D eigenvalue weighted by atomic mass is 9.98. The van der Waals surface area contributed by atoms with Crippen LogP contribution in [-0.4, -0.2) is 0 Å². The van der Waals surface area contributed by atoms with Gasteiger partial charge in [0.2, 0.25) is 0 Å². The maximum absolute atomic E-state index is 6.51. The van der Waals surface area contributed by atoms with Crippen LogP contribution in [0.3, 0.4) is 0 Å². The second-order valence-corrected chi connectivity index (χ2v) is 7.15. The van der Waals surface area contributed by atoms with E-state index in [-0.39, 0.29) is 6.04 Å². The Labute approximate surface area is 163 Å². The molecule has 1 aromatic carbocycles. The zero-order valence-electron chi connectivity index (χ0n) is 16.1. The van der Waals surface area contributed by atoms with Gasteiger partial charge in [0, 0.05) is 16.8 Å². The summed E-state index contributed by atoms with van der Waals surface area (Å²) in [5.41, 5.74) is 6.47. The molecule has 0 saturated carbocycles. The summed E-state index contributed by atoms with van der Waals surface area (Å²) >= 11 is 12.9. The number of hydrogen-bond acceptors (Lipinski definition) is 1. The smallest absolute Gasteiger partial charge is 0.0595 e. The molecule has 0 aromatic heterocycles. The first-order chi connectivity index (χ1) is 11.7. The normalized spacial score (nSPS) is 14.9. The average Bonchev–Trinajstić information content (AvgIpc) is 2.55. The van der Waals surface area contributed by atoms with Gasteiger partial charge in [-0.15, -0.1) is 0 Å². The van der Waals surface area contributed by atoms with Gasteiger partial charge in [-0.1, -0.05) is 54.9 Å². The zero-order chi connectivity index (χ0) is 19.1. The number of benzene rings is 1. The third-order valence-corrected chi connectivity index (χ3v) is 5.07. The van der Waals surface area contributed by atoms with E-state index in [2.05, 4.69) is 44.0 Å². The fourth-order valence-electron chi connectivity index (χ4n) is 2.69. The van der Waals surface area contributed by atoms with E-state index in [1.807, 2.05) is 39.8 Å². The largest absolute Gasteiger partial charge is 0.381 e. The molecule has 3 heteroatoms. The van der Waals surface area contributed by atoms with E-state index in [0.717, 1.165) is 39.4 Å². The van der Waals surface area contributed by atoms with E-state index in [9.17, 15) is 0 Å². The minimum absolute atomic E-state index is 0.0699. The molecule has 0 fully saturated rings. The van der Waals surface area contributed by atoms with E-state index < -0.39 is 0 Å². The van der Waals surface area contributed by atoms with Gasteiger partial charge in [-0.05, 0) is 81.0 Å². The molecule has 0 amide bonds. The van der Waals surface area contributed by atoms with Gasteiger partial charge in [0.25, 0.3) is 0 Å². The van der Waals surface area contributed by atoms with Crippen LogP contribution in [0.5, 0.6) is 0 Å². The molecule has 1 aromatic rings. The third-order valence-electron chi connectivity index (χ3n) is 4.35. The predicted molar refractivity (Wildman–Crippen MR) is 113 cm³/mol. The fraction of sp³-hybridized carbons (Fsp3) is 0.364. The highest BCUT2D eigenvalue weighted by atomic mass is 35.5. The molecule has 25 heavy (non-hydrogen) atoms. The van der Waals surface area contributed by atoms with Crippen molar-refractivity contribution in [2.75, 3.05) is 0 Å². The van der Waals surface area contributed by atoms with Crippen LogP contribution in [0.2, 0.25) is 5.02 Å². The van der Waals surface area contributed by atoms with Crippen LogP contribution >= 0.6 is 23.2 Å². The van der Waals surface area contributed by atoms with Gasteiger partial charge in [0.1, 0.15) is 0 Å². The van der Waals surface area contributed by atoms with Crippen LogP contribution in [0.4, 0.5) is 0 Å². The average molecular weight is 378 g/mol. The van der Waals surface area contributed by atoms with Crippen LogP contribution in [0.15, 0.2) is 64.4 Å². The van der Waals surface area contributed by atoms with Crippen molar-refractivity contribution in [1.82, 2.24) is 5.32 Å². The number of aryl methyl sites for hydroxylation is 1. The fourth-order valence-corrected chi connectivity index (χ4v) is 3.30. The molecular formula is C22H29Cl2N.